The second kappa shape index (κ2) is 6.20. The summed E-state index contributed by atoms with van der Waals surface area (Å²) in [5.74, 6) is 1.68. The van der Waals surface area contributed by atoms with Crippen molar-refractivity contribution in [1.82, 2.24) is 0 Å². The van der Waals surface area contributed by atoms with E-state index < -0.39 is 0 Å². The van der Waals surface area contributed by atoms with E-state index in [1.54, 1.807) is 14.2 Å². The Morgan fingerprint density at radius 1 is 1.19 bits per heavy atom. The largest absolute Gasteiger partial charge is 0.497 e. The number of thiophene rings is 1. The van der Waals surface area contributed by atoms with Gasteiger partial charge < -0.3 is 14.8 Å². The van der Waals surface area contributed by atoms with Gasteiger partial charge in [0.15, 0.2) is 0 Å². The first-order chi connectivity index (χ1) is 10.2. The summed E-state index contributed by atoms with van der Waals surface area (Å²) in [6, 6.07) is 8.40. The van der Waals surface area contributed by atoms with E-state index in [-0.39, 0.29) is 0 Å². The van der Waals surface area contributed by atoms with Gasteiger partial charge in [0.1, 0.15) is 11.5 Å². The summed E-state index contributed by atoms with van der Waals surface area (Å²) in [7, 11) is 3.38. The molecule has 3 rings (SSSR count). The van der Waals surface area contributed by atoms with Crippen LogP contribution in [0.2, 0.25) is 0 Å². The van der Waals surface area contributed by atoms with Crippen LogP contribution < -0.4 is 14.8 Å². The lowest BCUT2D eigenvalue weighted by molar-refractivity contribution is 0.404. The van der Waals surface area contributed by atoms with E-state index in [4.69, 9.17) is 9.47 Å². The fraction of sp³-hybridized carbons (Fsp3) is 0.375. The fourth-order valence-corrected chi connectivity index (χ4v) is 5.17. The lowest BCUT2D eigenvalue weighted by Gasteiger charge is -2.29. The van der Waals surface area contributed by atoms with Crippen LogP contribution in [0, 0.1) is 0 Å². The molecule has 2 aromatic rings. The van der Waals surface area contributed by atoms with E-state index in [2.05, 4.69) is 23.7 Å². The highest BCUT2D eigenvalue weighted by Gasteiger charge is 2.26. The molecule has 1 aliphatic heterocycles. The molecule has 0 radical (unpaired) electrons. The van der Waals surface area contributed by atoms with E-state index in [0.29, 0.717) is 11.3 Å². The lowest BCUT2D eigenvalue weighted by Crippen LogP contribution is -2.19. The first-order valence-electron chi connectivity index (χ1n) is 6.94. The van der Waals surface area contributed by atoms with Crippen molar-refractivity contribution in [1.29, 1.82) is 0 Å². The third kappa shape index (κ3) is 2.99. The highest BCUT2D eigenvalue weighted by molar-refractivity contribution is 8.01. The number of anilines is 1. The average Bonchev–Trinajstić information content (AvgIpc) is 2.95. The molecule has 1 aliphatic rings. The summed E-state index contributed by atoms with van der Waals surface area (Å²) in [5, 5.41) is 6.43. The maximum atomic E-state index is 5.46. The number of nitrogens with one attached hydrogen (secondary N) is 1. The van der Waals surface area contributed by atoms with Crippen LogP contribution in [0.3, 0.4) is 0 Å². The number of hydrogen-bond donors (Lipinski definition) is 1. The Hall–Kier alpha value is -1.33. The Bertz CT molecular complexity index is 626. The lowest BCUT2D eigenvalue weighted by atomic mass is 10.0. The molecule has 21 heavy (non-hydrogen) atoms. The topological polar surface area (TPSA) is 30.5 Å². The average molecular weight is 321 g/mol. The Labute approximate surface area is 133 Å². The number of benzene rings is 1. The van der Waals surface area contributed by atoms with Crippen molar-refractivity contribution in [3.05, 3.63) is 35.2 Å². The minimum Gasteiger partial charge on any atom is -0.497 e. The molecule has 0 aliphatic carbocycles. The van der Waals surface area contributed by atoms with Crippen LogP contribution in [0.1, 0.15) is 24.9 Å². The van der Waals surface area contributed by atoms with Gasteiger partial charge in [-0.15, -0.1) is 23.1 Å². The van der Waals surface area contributed by atoms with Gasteiger partial charge in [-0.3, -0.25) is 0 Å². The van der Waals surface area contributed by atoms with Crippen molar-refractivity contribution in [3.63, 3.8) is 0 Å². The first-order valence-corrected chi connectivity index (χ1v) is 8.69. The second-order valence-electron chi connectivity index (χ2n) is 5.09. The summed E-state index contributed by atoms with van der Waals surface area (Å²) in [5.41, 5.74) is 2.38. The van der Waals surface area contributed by atoms with Gasteiger partial charge in [0.05, 0.1) is 30.2 Å². The normalized spacial score (nSPS) is 20.7. The Morgan fingerprint density at radius 2 is 2.05 bits per heavy atom. The molecule has 0 amide bonds. The zero-order valence-electron chi connectivity index (χ0n) is 12.4. The van der Waals surface area contributed by atoms with Gasteiger partial charge in [0.2, 0.25) is 0 Å². The molecule has 1 aromatic heterocycles. The summed E-state index contributed by atoms with van der Waals surface area (Å²) in [6.45, 7) is 2.28. The number of rotatable bonds is 4. The minimum atomic E-state index is 0.323. The molecule has 0 saturated heterocycles. The molecular formula is C16H19NO2S2. The van der Waals surface area contributed by atoms with Gasteiger partial charge >= 0.3 is 0 Å². The molecule has 0 bridgehead atoms. The molecule has 0 fully saturated rings. The van der Waals surface area contributed by atoms with E-state index in [1.165, 1.54) is 9.77 Å². The fourth-order valence-electron chi connectivity index (χ4n) is 2.60. The van der Waals surface area contributed by atoms with Crippen LogP contribution >= 0.6 is 23.1 Å². The van der Waals surface area contributed by atoms with Crippen LogP contribution in [0.15, 0.2) is 33.9 Å². The summed E-state index contributed by atoms with van der Waals surface area (Å²) in [4.78, 5) is 0. The van der Waals surface area contributed by atoms with Gasteiger partial charge in [0, 0.05) is 11.3 Å². The predicted octanol–water partition coefficient (Wildman–Crippen LogP) is 4.80. The van der Waals surface area contributed by atoms with Crippen molar-refractivity contribution in [2.24, 2.45) is 0 Å². The number of hydrogen-bond acceptors (Lipinski definition) is 5. The van der Waals surface area contributed by atoms with Crippen molar-refractivity contribution in [3.8, 4) is 11.5 Å². The molecule has 3 nitrogen and oxygen atoms in total. The molecule has 2 heterocycles. The van der Waals surface area contributed by atoms with E-state index in [9.17, 15) is 0 Å². The Kier molecular flexibility index (Phi) is 4.31. The van der Waals surface area contributed by atoms with Crippen molar-refractivity contribution in [2.75, 3.05) is 19.5 Å². The van der Waals surface area contributed by atoms with E-state index in [1.807, 2.05) is 41.3 Å². The highest BCUT2D eigenvalue weighted by Crippen LogP contribution is 2.45. The summed E-state index contributed by atoms with van der Waals surface area (Å²) in [6.07, 6.45) is 1.11. The minimum absolute atomic E-state index is 0.323. The Morgan fingerprint density at radius 3 is 2.81 bits per heavy atom. The molecule has 0 saturated carbocycles. The maximum absolute atomic E-state index is 5.46. The van der Waals surface area contributed by atoms with Crippen LogP contribution in [-0.2, 0) is 0 Å². The van der Waals surface area contributed by atoms with Gasteiger partial charge in [-0.1, -0.05) is 6.92 Å². The van der Waals surface area contributed by atoms with Crippen LogP contribution in [-0.4, -0.2) is 19.5 Å². The number of thioether (sulfide) groups is 1. The molecule has 1 aromatic carbocycles. The zero-order chi connectivity index (χ0) is 14.8. The summed E-state index contributed by atoms with van der Waals surface area (Å²) >= 11 is 3.80. The SMILES string of the molecule is COc1ccc(OC)c(NC2C[C@H](C)Sc3sccc32)c1. The predicted molar refractivity (Wildman–Crippen MR) is 90.2 cm³/mol. The zero-order valence-corrected chi connectivity index (χ0v) is 14.0. The quantitative estimate of drug-likeness (QED) is 0.876. The highest BCUT2D eigenvalue weighted by atomic mass is 32.2. The number of ether oxygens (including phenoxy) is 2. The number of fused-ring (bicyclic) bond motifs is 1. The Balaban J connectivity index is 1.90. The molecule has 1 unspecified atom stereocenters. The third-order valence-corrected chi connectivity index (χ3v) is 5.99. The first kappa shape index (κ1) is 14.6. The van der Waals surface area contributed by atoms with Crippen molar-refractivity contribution >= 4 is 28.8 Å². The van der Waals surface area contributed by atoms with Crippen LogP contribution in [0.4, 0.5) is 5.69 Å². The molecule has 5 heteroatoms. The van der Waals surface area contributed by atoms with Gasteiger partial charge in [-0.05, 0) is 35.6 Å². The van der Waals surface area contributed by atoms with E-state index >= 15 is 0 Å². The van der Waals surface area contributed by atoms with Crippen LogP contribution in [0.5, 0.6) is 11.5 Å². The molecule has 0 spiro atoms. The molecule has 1 N–H and O–H groups in total. The van der Waals surface area contributed by atoms with E-state index in [0.717, 1.165) is 23.6 Å². The molecule has 112 valence electrons. The summed E-state index contributed by atoms with van der Waals surface area (Å²) < 4.78 is 12.2. The van der Waals surface area contributed by atoms with Crippen LogP contribution in [0.25, 0.3) is 0 Å². The van der Waals surface area contributed by atoms with Gasteiger partial charge in [-0.2, -0.15) is 0 Å². The standard InChI is InChI=1S/C16H19NO2S2/c1-10-8-13(12-6-7-20-16(12)21-10)17-14-9-11(18-2)4-5-15(14)19-3/h4-7,9-10,13,17H,8H2,1-3H3/t10-,13?/m0/s1. The molecular weight excluding hydrogens is 302 g/mol. The van der Waals surface area contributed by atoms with Gasteiger partial charge in [-0.25, -0.2) is 0 Å². The van der Waals surface area contributed by atoms with Crippen molar-refractivity contribution < 1.29 is 9.47 Å². The molecule has 2 atom stereocenters. The van der Waals surface area contributed by atoms with Crippen molar-refractivity contribution in [2.45, 2.75) is 28.8 Å². The van der Waals surface area contributed by atoms with Gasteiger partial charge in [0.25, 0.3) is 0 Å². The monoisotopic (exact) mass is 321 g/mol. The smallest absolute Gasteiger partial charge is 0.142 e. The second-order valence-corrected chi connectivity index (χ2v) is 7.71. The number of methoxy groups -OCH3 is 2. The maximum Gasteiger partial charge on any atom is 0.142 e. The third-order valence-electron chi connectivity index (χ3n) is 3.65.